The van der Waals surface area contributed by atoms with Crippen LogP contribution in [-0.4, -0.2) is 19.6 Å². The van der Waals surface area contributed by atoms with Crippen molar-refractivity contribution in [2.45, 2.75) is 6.92 Å². The molecule has 32 heavy (non-hydrogen) atoms. The number of rotatable bonds is 5. The molecule has 0 amide bonds. The van der Waals surface area contributed by atoms with Crippen molar-refractivity contribution in [2.24, 2.45) is 0 Å². The summed E-state index contributed by atoms with van der Waals surface area (Å²) in [5, 5.41) is 9.10. The fraction of sp³-hybridized carbons (Fsp3) is 0.0370. The number of aryl methyl sites for hydroxylation is 1. The average molecular weight is 416 g/mol. The molecule has 0 spiro atoms. The van der Waals surface area contributed by atoms with Crippen molar-refractivity contribution in [1.82, 2.24) is 19.6 Å². The maximum absolute atomic E-state index is 5.99. The molecule has 0 atom stereocenters. The molecule has 154 valence electrons. The van der Waals surface area contributed by atoms with Crippen molar-refractivity contribution in [3.8, 4) is 46.5 Å². The molecule has 3 aromatic carbocycles. The Morgan fingerprint density at radius 1 is 0.750 bits per heavy atom. The topological polar surface area (TPSA) is 44.9 Å². The summed E-state index contributed by atoms with van der Waals surface area (Å²) in [6.45, 7) is 1.97. The van der Waals surface area contributed by atoms with Gasteiger partial charge in [-0.05, 0) is 79.7 Å². The minimum Gasteiger partial charge on any atom is -0.457 e. The maximum Gasteiger partial charge on any atom is 0.127 e. The van der Waals surface area contributed by atoms with E-state index in [-0.39, 0.29) is 0 Å². The van der Waals surface area contributed by atoms with Crippen LogP contribution in [0.15, 0.2) is 97.3 Å². The van der Waals surface area contributed by atoms with Crippen LogP contribution in [0, 0.1) is 19.3 Å². The summed E-state index contributed by atoms with van der Waals surface area (Å²) < 4.78 is 9.67. The Bertz CT molecular complexity index is 1400. The fourth-order valence-corrected chi connectivity index (χ4v) is 3.42. The first-order valence-electron chi connectivity index (χ1n) is 10.2. The van der Waals surface area contributed by atoms with E-state index in [1.807, 2.05) is 114 Å². The molecule has 0 bridgehead atoms. The Morgan fingerprint density at radius 2 is 1.38 bits per heavy atom. The highest BCUT2D eigenvalue weighted by Gasteiger charge is 2.06. The van der Waals surface area contributed by atoms with Crippen LogP contribution < -0.4 is 4.74 Å². The molecule has 0 saturated heterocycles. The van der Waals surface area contributed by atoms with Crippen molar-refractivity contribution in [3.05, 3.63) is 109 Å². The molecule has 0 N–H and O–H groups in total. The molecular weight excluding hydrogens is 396 g/mol. The molecule has 2 heterocycles. The van der Waals surface area contributed by atoms with Crippen molar-refractivity contribution >= 4 is 0 Å². The third-order valence-corrected chi connectivity index (χ3v) is 5.07. The molecule has 0 aliphatic heterocycles. The summed E-state index contributed by atoms with van der Waals surface area (Å²) in [4.78, 5) is 0. The Morgan fingerprint density at radius 3 is 1.97 bits per heavy atom. The highest BCUT2D eigenvalue weighted by molar-refractivity contribution is 5.61. The van der Waals surface area contributed by atoms with Crippen LogP contribution >= 0.6 is 0 Å². The van der Waals surface area contributed by atoms with Gasteiger partial charge < -0.3 is 4.74 Å². The van der Waals surface area contributed by atoms with E-state index >= 15 is 0 Å². The van der Waals surface area contributed by atoms with Gasteiger partial charge in [0.05, 0.1) is 22.8 Å². The predicted octanol–water partition coefficient (Wildman–Crippen LogP) is 5.81. The van der Waals surface area contributed by atoms with Crippen molar-refractivity contribution in [2.75, 3.05) is 0 Å². The molecular formula is C27H20N4O. The Labute approximate surface area is 186 Å². The van der Waals surface area contributed by atoms with Gasteiger partial charge >= 0.3 is 0 Å². The Balaban J connectivity index is 1.29. The number of benzene rings is 3. The van der Waals surface area contributed by atoms with Gasteiger partial charge in [0.15, 0.2) is 0 Å². The number of aromatic nitrogens is 4. The lowest BCUT2D eigenvalue weighted by molar-refractivity contribution is 0.482. The van der Waals surface area contributed by atoms with Gasteiger partial charge in [0.25, 0.3) is 0 Å². The van der Waals surface area contributed by atoms with Crippen LogP contribution in [0.4, 0.5) is 0 Å². The minimum atomic E-state index is 0.755. The van der Waals surface area contributed by atoms with Gasteiger partial charge in [-0.15, -0.1) is 6.42 Å². The van der Waals surface area contributed by atoms with E-state index < -0.39 is 0 Å². The summed E-state index contributed by atoms with van der Waals surface area (Å²) in [6.07, 6.45) is 9.38. The van der Waals surface area contributed by atoms with E-state index in [1.54, 1.807) is 0 Å². The van der Waals surface area contributed by atoms with Crippen molar-refractivity contribution < 1.29 is 4.74 Å². The lowest BCUT2D eigenvalue weighted by Crippen LogP contribution is -1.96. The molecule has 0 fully saturated rings. The first-order chi connectivity index (χ1) is 15.7. The first-order valence-corrected chi connectivity index (χ1v) is 10.2. The molecule has 5 aromatic rings. The summed E-state index contributed by atoms with van der Waals surface area (Å²) in [5.41, 5.74) is 5.62. The summed E-state index contributed by atoms with van der Waals surface area (Å²) >= 11 is 0. The van der Waals surface area contributed by atoms with Crippen LogP contribution in [0.2, 0.25) is 0 Å². The lowest BCUT2D eigenvalue weighted by atomic mass is 10.1. The quantitative estimate of drug-likeness (QED) is 0.340. The van der Waals surface area contributed by atoms with E-state index in [0.29, 0.717) is 0 Å². The Hall–Kier alpha value is -4.56. The number of terminal acetylenes is 1. The monoisotopic (exact) mass is 416 g/mol. The van der Waals surface area contributed by atoms with E-state index in [4.69, 9.17) is 11.2 Å². The van der Waals surface area contributed by atoms with Gasteiger partial charge in [-0.2, -0.15) is 10.2 Å². The summed E-state index contributed by atoms with van der Waals surface area (Å²) in [5.74, 6) is 4.18. The van der Waals surface area contributed by atoms with Crippen LogP contribution in [0.25, 0.3) is 22.6 Å². The normalized spacial score (nSPS) is 10.6. The van der Waals surface area contributed by atoms with Crippen LogP contribution in [-0.2, 0) is 0 Å². The third-order valence-electron chi connectivity index (χ3n) is 5.07. The second-order valence-corrected chi connectivity index (χ2v) is 7.36. The highest BCUT2D eigenvalue weighted by Crippen LogP contribution is 2.25. The number of hydrogen-bond acceptors (Lipinski definition) is 3. The predicted molar refractivity (Wildman–Crippen MR) is 125 cm³/mol. The van der Waals surface area contributed by atoms with Gasteiger partial charge in [0.1, 0.15) is 11.5 Å². The standard InChI is InChI=1S/C27H20N4O/c1-3-21-5-4-6-22(19-21)27-16-18-31(29-27)24-9-13-26(14-10-24)32-25-11-7-23(8-12-25)30-17-15-20(2)28-30/h1,4-19H,2H3. The molecule has 0 aliphatic carbocycles. The summed E-state index contributed by atoms with van der Waals surface area (Å²) in [7, 11) is 0. The SMILES string of the molecule is C#Cc1cccc(-c2ccn(-c3ccc(Oc4ccc(-n5ccc(C)n5)cc4)cc3)n2)c1. The van der Waals surface area contributed by atoms with Crippen molar-refractivity contribution in [1.29, 1.82) is 0 Å². The molecule has 0 unspecified atom stereocenters. The van der Waals surface area contributed by atoms with E-state index in [0.717, 1.165) is 45.4 Å². The van der Waals surface area contributed by atoms with Gasteiger partial charge in [-0.3, -0.25) is 0 Å². The second-order valence-electron chi connectivity index (χ2n) is 7.36. The molecule has 5 nitrogen and oxygen atoms in total. The number of nitrogens with zero attached hydrogens (tertiary/aromatic N) is 4. The van der Waals surface area contributed by atoms with Crippen LogP contribution in [0.3, 0.4) is 0 Å². The molecule has 5 heteroatoms. The van der Waals surface area contributed by atoms with E-state index in [2.05, 4.69) is 16.1 Å². The van der Waals surface area contributed by atoms with Crippen molar-refractivity contribution in [3.63, 3.8) is 0 Å². The van der Waals surface area contributed by atoms with Gasteiger partial charge in [-0.1, -0.05) is 18.1 Å². The maximum atomic E-state index is 5.99. The zero-order chi connectivity index (χ0) is 21.9. The highest BCUT2D eigenvalue weighted by atomic mass is 16.5. The van der Waals surface area contributed by atoms with E-state index in [9.17, 15) is 0 Å². The Kier molecular flexibility index (Phi) is 5.03. The van der Waals surface area contributed by atoms with Crippen LogP contribution in [0.1, 0.15) is 11.3 Å². The van der Waals surface area contributed by atoms with Crippen LogP contribution in [0.5, 0.6) is 11.5 Å². The molecule has 5 rings (SSSR count). The average Bonchev–Trinajstić information content (AvgIpc) is 3.50. The zero-order valence-corrected chi connectivity index (χ0v) is 17.5. The van der Waals surface area contributed by atoms with E-state index in [1.165, 1.54) is 0 Å². The van der Waals surface area contributed by atoms with Gasteiger partial charge in [0, 0.05) is 23.5 Å². The molecule has 2 aromatic heterocycles. The first kappa shape index (κ1) is 19.4. The number of hydrogen-bond donors (Lipinski definition) is 0. The fourth-order valence-electron chi connectivity index (χ4n) is 3.42. The lowest BCUT2D eigenvalue weighted by Gasteiger charge is -2.08. The van der Waals surface area contributed by atoms with Gasteiger partial charge in [0.2, 0.25) is 0 Å². The smallest absolute Gasteiger partial charge is 0.127 e. The third kappa shape index (κ3) is 4.03. The molecule has 0 radical (unpaired) electrons. The zero-order valence-electron chi connectivity index (χ0n) is 17.5. The minimum absolute atomic E-state index is 0.755. The second kappa shape index (κ2) is 8.29. The molecule has 0 saturated carbocycles. The van der Waals surface area contributed by atoms with Gasteiger partial charge in [-0.25, -0.2) is 9.36 Å². The largest absolute Gasteiger partial charge is 0.457 e. The summed E-state index contributed by atoms with van der Waals surface area (Å²) in [6, 6.07) is 27.4. The molecule has 0 aliphatic rings. The number of ether oxygens (including phenoxy) is 1.